The first-order valence-corrected chi connectivity index (χ1v) is 6.65. The third-order valence-electron chi connectivity index (χ3n) is 2.30. The van der Waals surface area contributed by atoms with Crippen LogP contribution in [-0.2, 0) is 9.53 Å². The van der Waals surface area contributed by atoms with E-state index in [1.54, 1.807) is 18.2 Å². The number of methoxy groups -OCH3 is 1. The first-order valence-electron chi connectivity index (χ1n) is 5.57. The van der Waals surface area contributed by atoms with E-state index in [4.69, 9.17) is 9.84 Å². The molecule has 104 valence electrons. The smallest absolute Gasteiger partial charge is 0.326 e. The molecule has 0 bridgehead atoms. The molecule has 0 aliphatic rings. The van der Waals surface area contributed by atoms with Crippen LogP contribution in [0.15, 0.2) is 24.3 Å². The van der Waals surface area contributed by atoms with Gasteiger partial charge in [0.25, 0.3) is 0 Å². The summed E-state index contributed by atoms with van der Waals surface area (Å²) in [7, 11) is 1.48. The zero-order valence-electron chi connectivity index (χ0n) is 10.4. The average Bonchev–Trinajstić information content (AvgIpc) is 2.34. The molecule has 7 heteroatoms. The third-order valence-corrected chi connectivity index (χ3v) is 2.97. The summed E-state index contributed by atoms with van der Waals surface area (Å²) in [6, 6.07) is 5.69. The Kier molecular flexibility index (Phi) is 6.57. The van der Waals surface area contributed by atoms with Crippen molar-refractivity contribution < 1.29 is 19.4 Å². The highest BCUT2D eigenvalue weighted by atomic mass is 127. The van der Waals surface area contributed by atoms with Gasteiger partial charge in [-0.1, -0.05) is 6.07 Å². The Morgan fingerprint density at radius 2 is 2.21 bits per heavy atom. The Morgan fingerprint density at radius 1 is 1.47 bits per heavy atom. The van der Waals surface area contributed by atoms with Crippen molar-refractivity contribution in [1.82, 2.24) is 5.32 Å². The predicted octanol–water partition coefficient (Wildman–Crippen LogP) is 1.90. The van der Waals surface area contributed by atoms with Gasteiger partial charge in [-0.3, -0.25) is 0 Å². The molecule has 2 amide bonds. The molecule has 0 saturated heterocycles. The van der Waals surface area contributed by atoms with Crippen molar-refractivity contribution >= 4 is 40.3 Å². The van der Waals surface area contributed by atoms with E-state index >= 15 is 0 Å². The number of carbonyl (C=O) groups excluding carboxylic acids is 1. The number of hydrogen-bond acceptors (Lipinski definition) is 3. The van der Waals surface area contributed by atoms with Crippen molar-refractivity contribution in [3.8, 4) is 0 Å². The molecule has 0 aliphatic carbocycles. The summed E-state index contributed by atoms with van der Waals surface area (Å²) in [5, 5.41) is 13.9. The zero-order chi connectivity index (χ0) is 14.3. The number of hydrogen-bond donors (Lipinski definition) is 3. The molecule has 19 heavy (non-hydrogen) atoms. The first kappa shape index (κ1) is 15.7. The molecule has 1 aromatic carbocycles. The number of halogens is 1. The van der Waals surface area contributed by atoms with E-state index in [1.165, 1.54) is 7.11 Å². The van der Waals surface area contributed by atoms with Crippen LogP contribution in [0.1, 0.15) is 6.42 Å². The molecule has 1 unspecified atom stereocenters. The first-order chi connectivity index (χ1) is 9.02. The summed E-state index contributed by atoms with van der Waals surface area (Å²) in [4.78, 5) is 22.6. The molecule has 1 aromatic rings. The molecular weight excluding hydrogens is 363 g/mol. The second-order valence-corrected chi connectivity index (χ2v) is 5.03. The van der Waals surface area contributed by atoms with Gasteiger partial charge in [0.15, 0.2) is 0 Å². The summed E-state index contributed by atoms with van der Waals surface area (Å²) in [6.07, 6.45) is 0.214. The van der Waals surface area contributed by atoms with E-state index in [-0.39, 0.29) is 13.0 Å². The number of aliphatic carboxylic acids is 1. The summed E-state index contributed by atoms with van der Waals surface area (Å²) in [6.45, 7) is 0.264. The predicted molar refractivity (Wildman–Crippen MR) is 79.2 cm³/mol. The van der Waals surface area contributed by atoms with E-state index in [2.05, 4.69) is 33.2 Å². The standard InChI is InChI=1S/C12H15IN2O4/c1-19-6-5-10(11(16)17)15-12(18)14-9-4-2-3-8(13)7-9/h2-4,7,10H,5-6H2,1H3,(H,16,17)(H2,14,15,18). The number of urea groups is 1. The highest BCUT2D eigenvalue weighted by Gasteiger charge is 2.19. The maximum absolute atomic E-state index is 11.7. The number of rotatable bonds is 6. The number of carboxylic acid groups (broad SMARTS) is 1. The molecule has 0 saturated carbocycles. The summed E-state index contributed by atoms with van der Waals surface area (Å²) < 4.78 is 5.78. The third kappa shape index (κ3) is 5.88. The molecule has 1 rings (SSSR count). The molecule has 0 radical (unpaired) electrons. The molecule has 1 atom stereocenters. The Morgan fingerprint density at radius 3 is 2.79 bits per heavy atom. The van der Waals surface area contributed by atoms with E-state index in [0.717, 1.165) is 3.57 Å². The van der Waals surface area contributed by atoms with Crippen molar-refractivity contribution in [2.75, 3.05) is 19.0 Å². The van der Waals surface area contributed by atoms with Crippen molar-refractivity contribution in [3.63, 3.8) is 0 Å². The van der Waals surface area contributed by atoms with Crippen molar-refractivity contribution in [2.45, 2.75) is 12.5 Å². The average molecular weight is 378 g/mol. The lowest BCUT2D eigenvalue weighted by Gasteiger charge is -2.14. The quantitative estimate of drug-likeness (QED) is 0.660. The summed E-state index contributed by atoms with van der Waals surface area (Å²) >= 11 is 2.12. The van der Waals surface area contributed by atoms with Gasteiger partial charge in [-0.25, -0.2) is 9.59 Å². The topological polar surface area (TPSA) is 87.7 Å². The van der Waals surface area contributed by atoms with Crippen LogP contribution in [0.25, 0.3) is 0 Å². The SMILES string of the molecule is COCCC(NC(=O)Nc1cccc(I)c1)C(=O)O. The molecule has 6 nitrogen and oxygen atoms in total. The molecule has 0 aliphatic heterocycles. The molecule has 0 spiro atoms. The van der Waals surface area contributed by atoms with E-state index in [0.29, 0.717) is 5.69 Å². The second kappa shape index (κ2) is 7.95. The van der Waals surface area contributed by atoms with E-state index in [9.17, 15) is 9.59 Å². The second-order valence-electron chi connectivity index (χ2n) is 3.78. The summed E-state index contributed by atoms with van der Waals surface area (Å²) in [5.74, 6) is -1.09. The van der Waals surface area contributed by atoms with Crippen LogP contribution in [0.3, 0.4) is 0 Å². The van der Waals surface area contributed by atoms with Gasteiger partial charge in [0.1, 0.15) is 6.04 Å². The molecule has 0 fully saturated rings. The molecule has 3 N–H and O–H groups in total. The highest BCUT2D eigenvalue weighted by molar-refractivity contribution is 14.1. The van der Waals surface area contributed by atoms with Gasteiger partial charge in [0, 0.05) is 29.4 Å². The lowest BCUT2D eigenvalue weighted by Crippen LogP contribution is -2.43. The number of ether oxygens (including phenoxy) is 1. The maximum atomic E-state index is 11.7. The van der Waals surface area contributed by atoms with Crippen LogP contribution in [0.4, 0.5) is 10.5 Å². The van der Waals surface area contributed by atoms with Crippen molar-refractivity contribution in [2.24, 2.45) is 0 Å². The largest absolute Gasteiger partial charge is 0.480 e. The summed E-state index contributed by atoms with van der Waals surface area (Å²) in [5.41, 5.74) is 0.611. The Hall–Kier alpha value is -1.35. The minimum absolute atomic E-state index is 0.214. The van der Waals surface area contributed by atoms with Crippen LogP contribution in [0.2, 0.25) is 0 Å². The maximum Gasteiger partial charge on any atom is 0.326 e. The molecule has 0 aromatic heterocycles. The fourth-order valence-corrected chi connectivity index (χ4v) is 1.93. The number of carboxylic acids is 1. The number of amides is 2. The highest BCUT2D eigenvalue weighted by Crippen LogP contribution is 2.12. The minimum atomic E-state index is -1.09. The number of anilines is 1. The van der Waals surface area contributed by atoms with Gasteiger partial charge in [-0.15, -0.1) is 0 Å². The fourth-order valence-electron chi connectivity index (χ4n) is 1.38. The Labute approximate surface area is 124 Å². The zero-order valence-corrected chi connectivity index (χ0v) is 12.5. The van der Waals surface area contributed by atoms with Crippen LogP contribution < -0.4 is 10.6 Å². The lowest BCUT2D eigenvalue weighted by atomic mass is 10.2. The lowest BCUT2D eigenvalue weighted by molar-refractivity contribution is -0.139. The van der Waals surface area contributed by atoms with Gasteiger partial charge in [-0.2, -0.15) is 0 Å². The normalized spacial score (nSPS) is 11.7. The molecule has 0 heterocycles. The fraction of sp³-hybridized carbons (Fsp3) is 0.333. The van der Waals surface area contributed by atoms with Crippen LogP contribution in [-0.4, -0.2) is 36.9 Å². The van der Waals surface area contributed by atoms with Crippen molar-refractivity contribution in [3.05, 3.63) is 27.8 Å². The van der Waals surface area contributed by atoms with E-state index in [1.807, 2.05) is 6.07 Å². The Balaban J connectivity index is 2.55. The molecular formula is C12H15IN2O4. The van der Waals surface area contributed by atoms with Gasteiger partial charge in [0.05, 0.1) is 0 Å². The monoisotopic (exact) mass is 378 g/mol. The van der Waals surface area contributed by atoms with Crippen LogP contribution in [0, 0.1) is 3.57 Å². The van der Waals surface area contributed by atoms with E-state index < -0.39 is 18.0 Å². The van der Waals surface area contributed by atoms with Gasteiger partial charge >= 0.3 is 12.0 Å². The van der Waals surface area contributed by atoms with Crippen molar-refractivity contribution in [1.29, 1.82) is 0 Å². The van der Waals surface area contributed by atoms with Crippen LogP contribution in [0.5, 0.6) is 0 Å². The number of benzene rings is 1. The Bertz CT molecular complexity index is 453. The number of nitrogens with one attached hydrogen (secondary N) is 2. The van der Waals surface area contributed by atoms with Crippen LogP contribution >= 0.6 is 22.6 Å². The van der Waals surface area contributed by atoms with Gasteiger partial charge in [-0.05, 0) is 40.8 Å². The van der Waals surface area contributed by atoms with Gasteiger partial charge < -0.3 is 20.5 Å². The van der Waals surface area contributed by atoms with Gasteiger partial charge in [0.2, 0.25) is 0 Å². The number of carbonyl (C=O) groups is 2. The minimum Gasteiger partial charge on any atom is -0.480 e.